The van der Waals surface area contributed by atoms with E-state index in [-0.39, 0.29) is 54.3 Å². The first-order valence-corrected chi connectivity index (χ1v) is 23.1. The number of fused-ring (bicyclic) bond motifs is 1. The molecule has 358 valence electrons. The fourth-order valence-electron chi connectivity index (χ4n) is 9.30. The minimum atomic E-state index is -1.30. The lowest BCUT2D eigenvalue weighted by atomic mass is 9.94. The number of imide groups is 1. The number of piperidine rings is 1. The Morgan fingerprint density at radius 3 is 2.28 bits per heavy atom. The summed E-state index contributed by atoms with van der Waals surface area (Å²) in [5.74, 6) is -1.49. The number of carbonyl (C=O) groups is 4. The number of halogens is 2. The molecule has 17 heteroatoms. The maximum absolute atomic E-state index is 15.2. The third-order valence-corrected chi connectivity index (χ3v) is 13.2. The molecular weight excluding hydrogens is 889 g/mol. The molecule has 9 rings (SSSR count). The number of aromatic amines is 1. The van der Waals surface area contributed by atoms with E-state index < -0.39 is 29.2 Å². The number of hydrogen-bond donors (Lipinski definition) is 4. The average molecular weight is 942 g/mol. The van der Waals surface area contributed by atoms with E-state index >= 15 is 8.78 Å². The molecular formula is C52H53F2N7O8. The van der Waals surface area contributed by atoms with E-state index in [1.54, 1.807) is 25.1 Å². The second kappa shape index (κ2) is 19.4. The summed E-state index contributed by atoms with van der Waals surface area (Å²) in [5.41, 5.74) is 3.36. The fraction of sp³-hybridized carbons (Fsp3) is 0.346. The van der Waals surface area contributed by atoms with E-state index in [0.717, 1.165) is 61.6 Å². The fourth-order valence-corrected chi connectivity index (χ4v) is 9.30. The van der Waals surface area contributed by atoms with Gasteiger partial charge in [0.25, 0.3) is 11.8 Å². The topological polar surface area (TPSA) is 188 Å². The monoisotopic (exact) mass is 941 g/mol. The predicted octanol–water partition coefficient (Wildman–Crippen LogP) is 8.82. The Hall–Kier alpha value is -7.24. The van der Waals surface area contributed by atoms with Gasteiger partial charge in [-0.3, -0.25) is 24.6 Å². The van der Waals surface area contributed by atoms with E-state index in [0.29, 0.717) is 63.5 Å². The maximum Gasteiger partial charge on any atom is 0.328 e. The van der Waals surface area contributed by atoms with Gasteiger partial charge < -0.3 is 34.5 Å². The summed E-state index contributed by atoms with van der Waals surface area (Å²) in [4.78, 5) is 66.6. The lowest BCUT2D eigenvalue weighted by molar-refractivity contribution is -0.120. The van der Waals surface area contributed by atoms with Gasteiger partial charge in [0.2, 0.25) is 5.91 Å². The zero-order valence-corrected chi connectivity index (χ0v) is 38.7. The Balaban J connectivity index is 0.777. The third kappa shape index (κ3) is 10.2. The molecule has 3 fully saturated rings. The van der Waals surface area contributed by atoms with Gasteiger partial charge in [0.15, 0.2) is 0 Å². The molecule has 69 heavy (non-hydrogen) atoms. The molecule has 0 spiro atoms. The number of aliphatic hydroxyl groups is 1. The molecule has 0 bridgehead atoms. The van der Waals surface area contributed by atoms with Crippen LogP contribution < -0.4 is 25.0 Å². The second-order valence-corrected chi connectivity index (χ2v) is 18.3. The summed E-state index contributed by atoms with van der Waals surface area (Å²) in [6, 6.07) is 20.5. The molecule has 4 heterocycles. The zero-order chi connectivity index (χ0) is 48.6. The number of rotatable bonds is 12. The molecule has 0 atom stereocenters. The molecule has 2 aliphatic heterocycles. The Morgan fingerprint density at radius 1 is 0.855 bits per heavy atom. The third-order valence-electron chi connectivity index (χ3n) is 13.2. The van der Waals surface area contributed by atoms with Crippen LogP contribution in [0, 0.1) is 18.6 Å². The van der Waals surface area contributed by atoms with Crippen LogP contribution in [0.2, 0.25) is 0 Å². The van der Waals surface area contributed by atoms with Crippen molar-refractivity contribution in [3.05, 3.63) is 119 Å². The highest BCUT2D eigenvalue weighted by atomic mass is 19.1. The van der Waals surface area contributed by atoms with Crippen molar-refractivity contribution >= 4 is 46.2 Å². The van der Waals surface area contributed by atoms with Crippen molar-refractivity contribution in [2.45, 2.75) is 89.6 Å². The second-order valence-electron chi connectivity index (χ2n) is 18.3. The quantitative estimate of drug-likeness (QED) is 0.0923. The minimum Gasteiger partial charge on any atom is -0.495 e. The first kappa shape index (κ1) is 46.9. The number of H-pyrrole nitrogens is 1. The van der Waals surface area contributed by atoms with Crippen molar-refractivity contribution in [1.29, 1.82) is 0 Å². The van der Waals surface area contributed by atoms with Crippen LogP contribution in [0.1, 0.15) is 90.6 Å². The molecule has 0 radical (unpaired) electrons. The first-order chi connectivity index (χ1) is 33.1. The average Bonchev–Trinajstić information content (AvgIpc) is 3.78. The molecule has 4 N–H and O–H groups in total. The lowest BCUT2D eigenvalue weighted by Gasteiger charge is -2.36. The van der Waals surface area contributed by atoms with Crippen LogP contribution in [0.25, 0.3) is 33.5 Å². The number of nitrogens with zero attached hydrogens (tertiary/aromatic N) is 4. The molecule has 1 saturated carbocycles. The zero-order valence-electron chi connectivity index (χ0n) is 38.7. The molecule has 5 amide bonds. The number of ether oxygens (including phenoxy) is 3. The van der Waals surface area contributed by atoms with Crippen molar-refractivity contribution in [2.75, 3.05) is 37.0 Å². The Bertz CT molecular complexity index is 2940. The van der Waals surface area contributed by atoms with Crippen LogP contribution in [0.5, 0.6) is 11.5 Å². The molecule has 15 nitrogen and oxygen atoms in total. The number of benzene rings is 4. The SMILES string of the molecule is COc1ccc(C(=O)N2CCC(O[C@H]3CC[C@H](Oc4ccc(-c5cc6c(-c7cc(F)cc(NC(=O)c8ccc(C(C)(C)O)cc8F)c7C)ncnc6[nH]5)cc4)CC3)CC2)cc1N1CCC(=O)NC1=O. The van der Waals surface area contributed by atoms with Gasteiger partial charge >= 0.3 is 6.03 Å². The van der Waals surface area contributed by atoms with Crippen LogP contribution in [0.3, 0.4) is 0 Å². The van der Waals surface area contributed by atoms with Crippen LogP contribution in [0.4, 0.5) is 25.0 Å². The maximum atomic E-state index is 15.2. The van der Waals surface area contributed by atoms with E-state index in [9.17, 15) is 24.3 Å². The molecule has 1 aliphatic carbocycles. The summed E-state index contributed by atoms with van der Waals surface area (Å²) >= 11 is 0. The number of amides is 5. The summed E-state index contributed by atoms with van der Waals surface area (Å²) < 4.78 is 48.6. The molecule has 6 aromatic rings. The largest absolute Gasteiger partial charge is 0.495 e. The van der Waals surface area contributed by atoms with Gasteiger partial charge in [-0.1, -0.05) is 6.07 Å². The molecule has 0 unspecified atom stereocenters. The Kier molecular flexibility index (Phi) is 13.2. The van der Waals surface area contributed by atoms with Crippen molar-refractivity contribution in [1.82, 2.24) is 25.2 Å². The number of urea groups is 1. The Morgan fingerprint density at radius 2 is 1.58 bits per heavy atom. The summed E-state index contributed by atoms with van der Waals surface area (Å²) in [5, 5.41) is 15.9. The van der Waals surface area contributed by atoms with E-state index in [4.69, 9.17) is 14.2 Å². The normalized spacial score (nSPS) is 18.0. The van der Waals surface area contributed by atoms with Crippen LogP contribution >= 0.6 is 0 Å². The summed E-state index contributed by atoms with van der Waals surface area (Å²) in [6.45, 7) is 6.05. The number of hydrogen-bond acceptors (Lipinski definition) is 10. The highest BCUT2D eigenvalue weighted by molar-refractivity contribution is 6.07. The highest BCUT2D eigenvalue weighted by Crippen LogP contribution is 2.37. The van der Waals surface area contributed by atoms with Gasteiger partial charge in [-0.15, -0.1) is 0 Å². The summed E-state index contributed by atoms with van der Waals surface area (Å²) in [6.07, 6.45) is 6.57. The molecule has 4 aromatic carbocycles. The van der Waals surface area contributed by atoms with Crippen LogP contribution in [0.15, 0.2) is 85.2 Å². The van der Waals surface area contributed by atoms with E-state index in [2.05, 4.69) is 25.6 Å². The molecule has 2 aromatic heterocycles. The van der Waals surface area contributed by atoms with Crippen molar-refractivity contribution in [3.63, 3.8) is 0 Å². The van der Waals surface area contributed by atoms with Crippen molar-refractivity contribution in [3.8, 4) is 34.0 Å². The number of carbonyl (C=O) groups excluding carboxylic acids is 4. The van der Waals surface area contributed by atoms with Gasteiger partial charge in [-0.2, -0.15) is 0 Å². The standard InChI is InChI=1S/C52H53F2N7O8/c1-29-39(25-33(53)26-42(29)58-49(63)38-15-8-32(24-41(38)54)52(2,3)66)47-40-27-43(57-48(40)56-28-55-47)30-5-9-34(10-6-30)68-35-11-13-36(14-12-35)69-37-17-20-60(21-18-37)50(64)31-7-16-45(67-4)44(23-31)61-22-19-46(62)59-51(61)65/h5-10,15-16,23-28,35-37,66H,11-14,17-22H2,1-4H3,(H,58,63)(H,55,56,57)(H,59,62,65)/t35-,36-. The van der Waals surface area contributed by atoms with Gasteiger partial charge in [0, 0.05) is 53.9 Å². The van der Waals surface area contributed by atoms with E-state index in [1.807, 2.05) is 35.2 Å². The Labute approximate surface area is 397 Å². The number of aromatic nitrogens is 3. The van der Waals surface area contributed by atoms with Crippen LogP contribution in [-0.4, -0.2) is 93.8 Å². The minimum absolute atomic E-state index is 0.0365. The number of methoxy groups -OCH3 is 1. The lowest BCUT2D eigenvalue weighted by Crippen LogP contribution is -2.49. The van der Waals surface area contributed by atoms with Gasteiger partial charge in [-0.05, 0) is 149 Å². The first-order valence-electron chi connectivity index (χ1n) is 23.1. The highest BCUT2D eigenvalue weighted by Gasteiger charge is 2.32. The number of likely N-dealkylation sites (tertiary alicyclic amines) is 1. The van der Waals surface area contributed by atoms with E-state index in [1.165, 1.54) is 56.4 Å². The number of anilines is 2. The van der Waals surface area contributed by atoms with Gasteiger partial charge in [0.05, 0.1) is 48.0 Å². The van der Waals surface area contributed by atoms with Gasteiger partial charge in [0.1, 0.15) is 35.1 Å². The number of nitrogens with one attached hydrogen (secondary N) is 3. The summed E-state index contributed by atoms with van der Waals surface area (Å²) in [7, 11) is 1.50. The van der Waals surface area contributed by atoms with Gasteiger partial charge in [-0.25, -0.2) is 23.5 Å². The van der Waals surface area contributed by atoms with Crippen molar-refractivity contribution < 1.29 is 47.3 Å². The van der Waals surface area contributed by atoms with Crippen LogP contribution in [-0.2, 0) is 15.1 Å². The molecule has 2 saturated heterocycles. The van der Waals surface area contributed by atoms with Crippen molar-refractivity contribution in [2.24, 2.45) is 0 Å². The molecule has 3 aliphatic rings. The smallest absolute Gasteiger partial charge is 0.328 e. The predicted molar refractivity (Wildman–Crippen MR) is 254 cm³/mol.